The van der Waals surface area contributed by atoms with Crippen LogP contribution in [0.3, 0.4) is 0 Å². The van der Waals surface area contributed by atoms with Crippen LogP contribution in [0, 0.1) is 0 Å². The Labute approximate surface area is 141 Å². The number of pyridine rings is 1. The van der Waals surface area contributed by atoms with Gasteiger partial charge in [-0.25, -0.2) is 4.79 Å². The van der Waals surface area contributed by atoms with Crippen molar-refractivity contribution in [1.29, 1.82) is 0 Å². The number of fused-ring (bicyclic) bond motifs is 1. The molecule has 0 N–H and O–H groups in total. The van der Waals surface area contributed by atoms with E-state index in [1.807, 2.05) is 12.1 Å². The minimum Gasteiger partial charge on any atom is -0.462 e. The van der Waals surface area contributed by atoms with Crippen LogP contribution in [-0.2, 0) is 4.74 Å². The average molecular weight is 325 g/mol. The Morgan fingerprint density at radius 1 is 1.33 bits per heavy atom. The van der Waals surface area contributed by atoms with Crippen LogP contribution in [0.4, 0.5) is 0 Å². The van der Waals surface area contributed by atoms with Gasteiger partial charge in [-0.2, -0.15) is 0 Å². The van der Waals surface area contributed by atoms with Gasteiger partial charge >= 0.3 is 5.97 Å². The SMILES string of the molecule is C=Cc1ccc2c(=O)c(C(=O)OCC)cn(C3CCCCC3)c2c1. The number of nitrogens with zero attached hydrogens (tertiary/aromatic N) is 1. The van der Waals surface area contributed by atoms with Gasteiger partial charge in [-0.15, -0.1) is 0 Å². The summed E-state index contributed by atoms with van der Waals surface area (Å²) in [5.74, 6) is -0.540. The molecule has 3 rings (SSSR count). The molecule has 1 saturated carbocycles. The summed E-state index contributed by atoms with van der Waals surface area (Å²) in [6, 6.07) is 5.94. The predicted molar refractivity (Wildman–Crippen MR) is 96.4 cm³/mol. The van der Waals surface area contributed by atoms with E-state index in [4.69, 9.17) is 4.74 Å². The lowest BCUT2D eigenvalue weighted by atomic mass is 9.94. The third kappa shape index (κ3) is 3.01. The van der Waals surface area contributed by atoms with E-state index in [9.17, 15) is 9.59 Å². The summed E-state index contributed by atoms with van der Waals surface area (Å²) in [5, 5.41) is 0.566. The molecule has 0 saturated heterocycles. The number of carbonyl (C=O) groups excluding carboxylic acids is 1. The molecular weight excluding hydrogens is 302 g/mol. The van der Waals surface area contributed by atoms with E-state index < -0.39 is 5.97 Å². The maximum Gasteiger partial charge on any atom is 0.343 e. The number of esters is 1. The fourth-order valence-corrected chi connectivity index (χ4v) is 3.51. The predicted octanol–water partition coefficient (Wildman–Crippen LogP) is 4.33. The van der Waals surface area contributed by atoms with Crippen molar-refractivity contribution in [1.82, 2.24) is 4.57 Å². The first kappa shape index (κ1) is 16.5. The van der Waals surface area contributed by atoms with Crippen LogP contribution in [0.15, 0.2) is 35.8 Å². The minimum atomic E-state index is -0.540. The lowest BCUT2D eigenvalue weighted by molar-refractivity contribution is 0.0524. The van der Waals surface area contributed by atoms with Gasteiger partial charge in [-0.3, -0.25) is 4.79 Å². The second kappa shape index (κ2) is 7.04. The van der Waals surface area contributed by atoms with Crippen molar-refractivity contribution in [2.45, 2.75) is 45.1 Å². The first-order chi connectivity index (χ1) is 11.7. The van der Waals surface area contributed by atoms with Crippen LogP contribution in [0.5, 0.6) is 0 Å². The first-order valence-electron chi connectivity index (χ1n) is 8.64. The molecule has 0 spiro atoms. The molecule has 126 valence electrons. The van der Waals surface area contributed by atoms with Crippen molar-refractivity contribution in [2.24, 2.45) is 0 Å². The Morgan fingerprint density at radius 3 is 2.75 bits per heavy atom. The maximum atomic E-state index is 12.7. The van der Waals surface area contributed by atoms with Crippen LogP contribution < -0.4 is 5.43 Å². The number of aromatic nitrogens is 1. The summed E-state index contributed by atoms with van der Waals surface area (Å²) in [6.07, 6.45) is 9.20. The molecule has 0 amide bonds. The zero-order valence-electron chi connectivity index (χ0n) is 14.1. The normalized spacial score (nSPS) is 15.4. The minimum absolute atomic E-state index is 0.126. The van der Waals surface area contributed by atoms with E-state index in [1.165, 1.54) is 19.3 Å². The standard InChI is InChI=1S/C20H23NO3/c1-3-14-10-11-16-18(12-14)21(15-8-6-5-7-9-15)13-17(19(16)22)20(23)24-4-2/h3,10-13,15H,1,4-9H2,2H3. The quantitative estimate of drug-likeness (QED) is 0.786. The molecule has 1 heterocycles. The average Bonchev–Trinajstić information content (AvgIpc) is 2.62. The highest BCUT2D eigenvalue weighted by molar-refractivity contribution is 5.94. The summed E-state index contributed by atoms with van der Waals surface area (Å²) in [7, 11) is 0. The van der Waals surface area contributed by atoms with Gasteiger partial charge in [0.15, 0.2) is 0 Å². The van der Waals surface area contributed by atoms with Crippen LogP contribution in [-0.4, -0.2) is 17.1 Å². The molecule has 1 fully saturated rings. The molecule has 0 atom stereocenters. The summed E-state index contributed by atoms with van der Waals surface area (Å²) < 4.78 is 7.18. The number of ether oxygens (including phenoxy) is 1. The lowest BCUT2D eigenvalue weighted by Gasteiger charge is -2.27. The number of carbonyl (C=O) groups is 1. The highest BCUT2D eigenvalue weighted by Gasteiger charge is 2.21. The van der Waals surface area contributed by atoms with Gasteiger partial charge in [0, 0.05) is 17.6 Å². The van der Waals surface area contributed by atoms with Gasteiger partial charge < -0.3 is 9.30 Å². The molecule has 1 aliphatic rings. The molecule has 0 bridgehead atoms. The highest BCUT2D eigenvalue weighted by atomic mass is 16.5. The third-order valence-electron chi connectivity index (χ3n) is 4.76. The smallest absolute Gasteiger partial charge is 0.343 e. The molecule has 1 aromatic carbocycles. The zero-order valence-corrected chi connectivity index (χ0v) is 14.1. The van der Waals surface area contributed by atoms with E-state index in [0.717, 1.165) is 23.9 Å². The molecule has 0 radical (unpaired) electrons. The van der Waals surface area contributed by atoms with Crippen LogP contribution in [0.25, 0.3) is 17.0 Å². The third-order valence-corrected chi connectivity index (χ3v) is 4.76. The van der Waals surface area contributed by atoms with E-state index in [-0.39, 0.29) is 17.6 Å². The molecule has 4 heteroatoms. The van der Waals surface area contributed by atoms with Crippen molar-refractivity contribution in [2.75, 3.05) is 6.61 Å². The van der Waals surface area contributed by atoms with Crippen LogP contribution in [0.2, 0.25) is 0 Å². The van der Waals surface area contributed by atoms with Crippen molar-refractivity contribution in [3.05, 3.63) is 52.3 Å². The molecule has 0 unspecified atom stereocenters. The van der Waals surface area contributed by atoms with Gasteiger partial charge in [0.1, 0.15) is 5.56 Å². The summed E-state index contributed by atoms with van der Waals surface area (Å²) in [6.45, 7) is 5.82. The molecule has 24 heavy (non-hydrogen) atoms. The van der Waals surface area contributed by atoms with Gasteiger partial charge in [0.2, 0.25) is 5.43 Å². The van der Waals surface area contributed by atoms with E-state index >= 15 is 0 Å². The van der Waals surface area contributed by atoms with E-state index in [0.29, 0.717) is 11.4 Å². The summed E-state index contributed by atoms with van der Waals surface area (Å²) in [5.41, 5.74) is 1.71. The fraction of sp³-hybridized carbons (Fsp3) is 0.400. The van der Waals surface area contributed by atoms with Gasteiger partial charge in [0.05, 0.1) is 12.1 Å². The van der Waals surface area contributed by atoms with Crippen LogP contribution in [0.1, 0.15) is 61.0 Å². The van der Waals surface area contributed by atoms with Gasteiger partial charge in [-0.05, 0) is 37.5 Å². The number of rotatable bonds is 4. The second-order valence-corrected chi connectivity index (χ2v) is 6.27. The Hall–Kier alpha value is -2.36. The molecular formula is C20H23NO3. The van der Waals surface area contributed by atoms with Crippen molar-refractivity contribution in [3.8, 4) is 0 Å². The molecule has 1 aromatic heterocycles. The fourth-order valence-electron chi connectivity index (χ4n) is 3.51. The number of hydrogen-bond donors (Lipinski definition) is 0. The summed E-state index contributed by atoms with van der Waals surface area (Å²) >= 11 is 0. The Kier molecular flexibility index (Phi) is 4.84. The topological polar surface area (TPSA) is 48.3 Å². The van der Waals surface area contributed by atoms with Crippen molar-refractivity contribution in [3.63, 3.8) is 0 Å². The Morgan fingerprint density at radius 2 is 2.08 bits per heavy atom. The lowest BCUT2D eigenvalue weighted by Crippen LogP contribution is -2.23. The monoisotopic (exact) mass is 325 g/mol. The van der Waals surface area contributed by atoms with Crippen molar-refractivity contribution >= 4 is 22.9 Å². The largest absolute Gasteiger partial charge is 0.462 e. The first-order valence-corrected chi connectivity index (χ1v) is 8.64. The number of hydrogen-bond acceptors (Lipinski definition) is 3. The van der Waals surface area contributed by atoms with Crippen molar-refractivity contribution < 1.29 is 9.53 Å². The van der Waals surface area contributed by atoms with E-state index in [2.05, 4.69) is 11.1 Å². The van der Waals surface area contributed by atoms with Crippen LogP contribution >= 0.6 is 0 Å². The molecule has 2 aromatic rings. The Balaban J connectivity index is 2.24. The molecule has 4 nitrogen and oxygen atoms in total. The van der Waals surface area contributed by atoms with Gasteiger partial charge in [-0.1, -0.05) is 38.0 Å². The Bertz CT molecular complexity index is 829. The second-order valence-electron chi connectivity index (χ2n) is 6.27. The van der Waals surface area contributed by atoms with Gasteiger partial charge in [0.25, 0.3) is 0 Å². The molecule has 0 aliphatic heterocycles. The number of benzene rings is 1. The van der Waals surface area contributed by atoms with E-state index in [1.54, 1.807) is 25.3 Å². The zero-order chi connectivity index (χ0) is 17.1. The highest BCUT2D eigenvalue weighted by Crippen LogP contribution is 2.31. The maximum absolute atomic E-state index is 12.7. The summed E-state index contributed by atoms with van der Waals surface area (Å²) in [4.78, 5) is 25.0. The molecule has 1 aliphatic carbocycles.